The van der Waals surface area contributed by atoms with Gasteiger partial charge in [-0.05, 0) is 43.2 Å². The molecule has 1 saturated heterocycles. The molecule has 0 spiro atoms. The minimum absolute atomic E-state index is 0.0364. The number of aromatic nitrogens is 1. The van der Waals surface area contributed by atoms with Gasteiger partial charge in [0.2, 0.25) is 5.91 Å². The molecule has 1 aliphatic rings. The second-order valence-corrected chi connectivity index (χ2v) is 5.63. The number of hydrogen-bond donors (Lipinski definition) is 0. The first-order valence-corrected chi connectivity index (χ1v) is 7.68. The lowest BCUT2D eigenvalue weighted by atomic mass is 10.1. The summed E-state index contributed by atoms with van der Waals surface area (Å²) < 4.78 is 13.1. The Morgan fingerprint density at radius 2 is 2.04 bits per heavy atom. The molecule has 2 aromatic rings. The fourth-order valence-electron chi connectivity index (χ4n) is 2.56. The van der Waals surface area contributed by atoms with Crippen molar-refractivity contribution in [3.8, 4) is 0 Å². The molecule has 1 aromatic heterocycles. The third-order valence-electron chi connectivity index (χ3n) is 3.76. The quantitative estimate of drug-likeness (QED) is 0.815. The van der Waals surface area contributed by atoms with Gasteiger partial charge in [0, 0.05) is 25.1 Å². The summed E-state index contributed by atoms with van der Waals surface area (Å²) in [5.74, 6) is -0.232. The highest BCUT2D eigenvalue weighted by atomic mass is 19.1. The van der Waals surface area contributed by atoms with Crippen molar-refractivity contribution >= 4 is 11.6 Å². The number of carbonyl (C=O) groups excluding carboxylic acids is 1. The fourth-order valence-corrected chi connectivity index (χ4v) is 2.56. The van der Waals surface area contributed by atoms with E-state index in [1.807, 2.05) is 25.1 Å². The summed E-state index contributed by atoms with van der Waals surface area (Å²) >= 11 is 0. The number of nitrogens with zero attached hydrogens (tertiary/aromatic N) is 3. The Hall–Kier alpha value is -2.56. The highest BCUT2D eigenvalue weighted by Gasteiger charge is 2.21. The van der Waals surface area contributed by atoms with Gasteiger partial charge in [-0.2, -0.15) is 5.10 Å². The molecule has 5 heteroatoms. The van der Waals surface area contributed by atoms with Crippen molar-refractivity contribution in [1.29, 1.82) is 0 Å². The van der Waals surface area contributed by atoms with Crippen molar-refractivity contribution in [2.45, 2.75) is 26.2 Å². The number of hydrazone groups is 1. The summed E-state index contributed by atoms with van der Waals surface area (Å²) in [4.78, 5) is 16.4. The molecule has 118 valence electrons. The number of benzene rings is 1. The van der Waals surface area contributed by atoms with Crippen molar-refractivity contribution in [1.82, 2.24) is 9.99 Å². The van der Waals surface area contributed by atoms with Crippen LogP contribution in [0.2, 0.25) is 0 Å². The third-order valence-corrected chi connectivity index (χ3v) is 3.76. The Bertz CT molecular complexity index is 740. The van der Waals surface area contributed by atoms with Gasteiger partial charge < -0.3 is 0 Å². The Morgan fingerprint density at radius 3 is 2.70 bits per heavy atom. The maximum Gasteiger partial charge on any atom is 0.242 e. The number of carbonyl (C=O) groups is 1. The van der Waals surface area contributed by atoms with Crippen LogP contribution in [0.15, 0.2) is 47.6 Å². The Labute approximate surface area is 134 Å². The molecule has 0 radical (unpaired) electrons. The molecule has 0 atom stereocenters. The summed E-state index contributed by atoms with van der Waals surface area (Å²) in [5.41, 5.74) is 3.28. The van der Waals surface area contributed by atoms with E-state index in [1.165, 1.54) is 17.1 Å². The summed E-state index contributed by atoms with van der Waals surface area (Å²) in [6, 6.07) is 12.0. The molecule has 1 aliphatic heterocycles. The molecule has 23 heavy (non-hydrogen) atoms. The number of aryl methyl sites for hydroxylation is 1. The lowest BCUT2D eigenvalue weighted by Crippen LogP contribution is -2.22. The molecule has 0 saturated carbocycles. The van der Waals surface area contributed by atoms with Crippen LogP contribution in [-0.4, -0.2) is 28.2 Å². The largest absolute Gasteiger partial charge is 0.273 e. The molecule has 0 unspecified atom stereocenters. The number of rotatable bonds is 4. The highest BCUT2D eigenvalue weighted by molar-refractivity contribution is 6.01. The second-order valence-electron chi connectivity index (χ2n) is 5.63. The zero-order chi connectivity index (χ0) is 16.2. The van der Waals surface area contributed by atoms with E-state index in [0.717, 1.165) is 29.1 Å². The normalized spacial score (nSPS) is 15.3. The SMILES string of the molecule is Cc1cccc(C(Cc2ccc(F)cc2)=NN2CCCC2=O)n1. The predicted molar refractivity (Wildman–Crippen MR) is 86.6 cm³/mol. The first-order chi connectivity index (χ1) is 11.1. The predicted octanol–water partition coefficient (Wildman–Crippen LogP) is 3.10. The average molecular weight is 311 g/mol. The monoisotopic (exact) mass is 311 g/mol. The van der Waals surface area contributed by atoms with Crippen molar-refractivity contribution in [2.75, 3.05) is 6.54 Å². The number of amides is 1. The molecule has 1 fully saturated rings. The fraction of sp³-hybridized carbons (Fsp3) is 0.278. The molecule has 2 heterocycles. The number of halogens is 1. The Kier molecular flexibility index (Phi) is 4.46. The standard InChI is InChI=1S/C18H18FN3O/c1-13-4-2-5-16(20-13)17(21-22-11-3-6-18(22)23)12-14-7-9-15(19)10-8-14/h2,4-5,7-10H,3,6,11-12H2,1H3. The van der Waals surface area contributed by atoms with Crippen molar-refractivity contribution < 1.29 is 9.18 Å². The topological polar surface area (TPSA) is 45.6 Å². The van der Waals surface area contributed by atoms with E-state index in [2.05, 4.69) is 10.1 Å². The third kappa shape index (κ3) is 3.80. The van der Waals surface area contributed by atoms with E-state index in [4.69, 9.17) is 0 Å². The minimum atomic E-state index is -0.268. The van der Waals surface area contributed by atoms with Crippen LogP contribution in [0.1, 0.15) is 29.8 Å². The molecule has 4 nitrogen and oxygen atoms in total. The van der Waals surface area contributed by atoms with Crippen LogP contribution < -0.4 is 0 Å². The van der Waals surface area contributed by atoms with E-state index < -0.39 is 0 Å². The first-order valence-electron chi connectivity index (χ1n) is 7.68. The average Bonchev–Trinajstić information content (AvgIpc) is 2.94. The van der Waals surface area contributed by atoms with Crippen LogP contribution in [0.25, 0.3) is 0 Å². The molecule has 0 N–H and O–H groups in total. The molecule has 1 aromatic carbocycles. The van der Waals surface area contributed by atoms with E-state index >= 15 is 0 Å². The van der Waals surface area contributed by atoms with Gasteiger partial charge in [-0.1, -0.05) is 18.2 Å². The van der Waals surface area contributed by atoms with Gasteiger partial charge in [-0.25, -0.2) is 9.40 Å². The zero-order valence-electron chi connectivity index (χ0n) is 13.0. The van der Waals surface area contributed by atoms with E-state index in [9.17, 15) is 9.18 Å². The summed E-state index contributed by atoms with van der Waals surface area (Å²) in [6.45, 7) is 2.55. The number of pyridine rings is 1. The van der Waals surface area contributed by atoms with Crippen molar-refractivity contribution in [2.24, 2.45) is 5.10 Å². The van der Waals surface area contributed by atoms with Gasteiger partial charge in [0.25, 0.3) is 0 Å². The van der Waals surface area contributed by atoms with Crippen LogP contribution in [0.5, 0.6) is 0 Å². The summed E-state index contributed by atoms with van der Waals surface area (Å²) in [6.07, 6.45) is 1.86. The van der Waals surface area contributed by atoms with Crippen LogP contribution in [0.3, 0.4) is 0 Å². The van der Waals surface area contributed by atoms with Crippen LogP contribution in [0, 0.1) is 12.7 Å². The minimum Gasteiger partial charge on any atom is -0.273 e. The second kappa shape index (κ2) is 6.69. The van der Waals surface area contributed by atoms with Gasteiger partial charge in [0.05, 0.1) is 11.4 Å². The van der Waals surface area contributed by atoms with Crippen LogP contribution in [-0.2, 0) is 11.2 Å². The summed E-state index contributed by atoms with van der Waals surface area (Å²) in [5, 5.41) is 6.05. The van der Waals surface area contributed by atoms with E-state index in [1.54, 1.807) is 12.1 Å². The summed E-state index contributed by atoms with van der Waals surface area (Å²) in [7, 11) is 0. The molecule has 3 rings (SSSR count). The molecule has 0 aliphatic carbocycles. The van der Waals surface area contributed by atoms with Crippen LogP contribution in [0.4, 0.5) is 4.39 Å². The molecular weight excluding hydrogens is 293 g/mol. The zero-order valence-corrected chi connectivity index (χ0v) is 13.0. The molecular formula is C18H18FN3O. The smallest absolute Gasteiger partial charge is 0.242 e. The number of hydrogen-bond acceptors (Lipinski definition) is 3. The lowest BCUT2D eigenvalue weighted by molar-refractivity contribution is -0.127. The lowest BCUT2D eigenvalue weighted by Gasteiger charge is -2.13. The van der Waals surface area contributed by atoms with E-state index in [0.29, 0.717) is 19.4 Å². The highest BCUT2D eigenvalue weighted by Crippen LogP contribution is 2.14. The van der Waals surface area contributed by atoms with Crippen molar-refractivity contribution in [3.63, 3.8) is 0 Å². The van der Waals surface area contributed by atoms with Gasteiger partial charge in [-0.3, -0.25) is 9.78 Å². The van der Waals surface area contributed by atoms with Gasteiger partial charge in [0.15, 0.2) is 0 Å². The van der Waals surface area contributed by atoms with E-state index in [-0.39, 0.29) is 11.7 Å². The van der Waals surface area contributed by atoms with Crippen molar-refractivity contribution in [3.05, 3.63) is 65.2 Å². The molecule has 0 bridgehead atoms. The van der Waals surface area contributed by atoms with Gasteiger partial charge in [0.1, 0.15) is 5.82 Å². The Morgan fingerprint density at radius 1 is 1.26 bits per heavy atom. The first kappa shape index (κ1) is 15.3. The maximum absolute atomic E-state index is 13.1. The van der Waals surface area contributed by atoms with Gasteiger partial charge in [-0.15, -0.1) is 0 Å². The van der Waals surface area contributed by atoms with Gasteiger partial charge >= 0.3 is 0 Å². The molecule has 1 amide bonds. The van der Waals surface area contributed by atoms with Crippen LogP contribution >= 0.6 is 0 Å². The Balaban J connectivity index is 1.94. The maximum atomic E-state index is 13.1.